The van der Waals surface area contributed by atoms with Crippen molar-refractivity contribution in [2.75, 3.05) is 19.8 Å². The summed E-state index contributed by atoms with van der Waals surface area (Å²) in [4.78, 5) is 12.2. The van der Waals surface area contributed by atoms with Crippen LogP contribution in [0, 0.1) is 0 Å². The number of hydrogen-bond acceptors (Lipinski definition) is 3. The first kappa shape index (κ1) is 9.73. The lowest BCUT2D eigenvalue weighted by Crippen LogP contribution is -2.44. The molecule has 5 heteroatoms. The van der Waals surface area contributed by atoms with E-state index in [0.717, 1.165) is 25.9 Å². The molecule has 2 atom stereocenters. The zero-order chi connectivity index (χ0) is 9.97. The van der Waals surface area contributed by atoms with E-state index in [1.54, 1.807) is 0 Å². The molecule has 2 fully saturated rings. The summed E-state index contributed by atoms with van der Waals surface area (Å²) in [7, 11) is 0. The highest BCUT2D eigenvalue weighted by Gasteiger charge is 2.30. The molecule has 0 aromatic rings. The first-order valence-corrected chi connectivity index (χ1v) is 5.00. The van der Waals surface area contributed by atoms with Crippen LogP contribution in [-0.4, -0.2) is 48.2 Å². The number of rotatable bonds is 3. The van der Waals surface area contributed by atoms with Crippen LogP contribution < -0.4 is 0 Å². The summed E-state index contributed by atoms with van der Waals surface area (Å²) >= 11 is 0. The Morgan fingerprint density at radius 3 is 3.00 bits per heavy atom. The van der Waals surface area contributed by atoms with Gasteiger partial charge < -0.3 is 14.6 Å². The van der Waals surface area contributed by atoms with Crippen molar-refractivity contribution in [1.82, 2.24) is 4.90 Å². The minimum Gasteiger partial charge on any atom is -0.465 e. The number of ether oxygens (including phenoxy) is 2. The maximum absolute atomic E-state index is 10.8. The van der Waals surface area contributed by atoms with Crippen LogP contribution in [0.4, 0.5) is 4.79 Å². The Hall–Kier alpha value is -0.810. The largest absolute Gasteiger partial charge is 0.465 e. The van der Waals surface area contributed by atoms with E-state index in [1.165, 1.54) is 4.90 Å². The average Bonchev–Trinajstić information content (AvgIpc) is 2.98. The van der Waals surface area contributed by atoms with Crippen LogP contribution >= 0.6 is 0 Å². The van der Waals surface area contributed by atoms with Gasteiger partial charge in [-0.15, -0.1) is 0 Å². The van der Waals surface area contributed by atoms with E-state index >= 15 is 0 Å². The fraction of sp³-hybridized carbons (Fsp3) is 0.889. The number of likely N-dealkylation sites (tertiary alicyclic amines) is 1. The fourth-order valence-corrected chi connectivity index (χ4v) is 1.68. The van der Waals surface area contributed by atoms with Crippen molar-refractivity contribution in [2.45, 2.75) is 31.6 Å². The van der Waals surface area contributed by atoms with Gasteiger partial charge in [-0.25, -0.2) is 4.79 Å². The van der Waals surface area contributed by atoms with Crippen molar-refractivity contribution in [3.8, 4) is 0 Å². The third-order valence-corrected chi connectivity index (χ3v) is 2.57. The number of carboxylic acid groups (broad SMARTS) is 1. The van der Waals surface area contributed by atoms with Crippen LogP contribution in [-0.2, 0) is 9.47 Å². The van der Waals surface area contributed by atoms with E-state index in [2.05, 4.69) is 0 Å². The third-order valence-electron chi connectivity index (χ3n) is 2.57. The minimum absolute atomic E-state index is 0.201. The fourth-order valence-electron chi connectivity index (χ4n) is 1.68. The molecule has 0 aromatic heterocycles. The second-order valence-electron chi connectivity index (χ2n) is 3.72. The summed E-state index contributed by atoms with van der Waals surface area (Å²) in [6.45, 7) is 1.86. The summed E-state index contributed by atoms with van der Waals surface area (Å²) in [6, 6.07) is 0. The Bertz CT molecular complexity index is 217. The Morgan fingerprint density at radius 2 is 2.36 bits per heavy atom. The van der Waals surface area contributed by atoms with E-state index in [0.29, 0.717) is 13.2 Å². The van der Waals surface area contributed by atoms with Crippen molar-refractivity contribution in [3.63, 3.8) is 0 Å². The number of nitrogens with zero attached hydrogens (tertiary/aromatic N) is 1. The van der Waals surface area contributed by atoms with Crippen LogP contribution in [0.3, 0.4) is 0 Å². The monoisotopic (exact) mass is 201 g/mol. The lowest BCUT2D eigenvalue weighted by Gasteiger charge is -2.32. The molecule has 80 valence electrons. The summed E-state index contributed by atoms with van der Waals surface area (Å²) in [5, 5.41) is 8.90. The molecule has 0 aromatic carbocycles. The maximum atomic E-state index is 10.8. The first-order chi connectivity index (χ1) is 6.77. The standard InChI is InChI=1S/C9H15NO4/c11-9(12)10-4-2-1-3-8(10)14-6-7-5-13-7/h7-8H,1-6H2,(H,11,12). The van der Waals surface area contributed by atoms with E-state index < -0.39 is 6.09 Å². The first-order valence-electron chi connectivity index (χ1n) is 5.00. The minimum atomic E-state index is -0.883. The van der Waals surface area contributed by atoms with Crippen molar-refractivity contribution in [1.29, 1.82) is 0 Å². The summed E-state index contributed by atoms with van der Waals surface area (Å²) in [6.07, 6.45) is 1.84. The Balaban J connectivity index is 1.81. The van der Waals surface area contributed by atoms with Gasteiger partial charge in [-0.3, -0.25) is 4.90 Å². The van der Waals surface area contributed by atoms with Gasteiger partial charge in [0.2, 0.25) is 0 Å². The Kier molecular flexibility index (Phi) is 2.88. The predicted octanol–water partition coefficient (Wildman–Crippen LogP) is 0.892. The van der Waals surface area contributed by atoms with E-state index in [4.69, 9.17) is 14.6 Å². The molecular weight excluding hydrogens is 186 g/mol. The van der Waals surface area contributed by atoms with Gasteiger partial charge in [0, 0.05) is 6.54 Å². The molecule has 2 saturated heterocycles. The Labute approximate surface area is 82.6 Å². The van der Waals surface area contributed by atoms with Crippen molar-refractivity contribution >= 4 is 6.09 Å². The number of piperidine rings is 1. The van der Waals surface area contributed by atoms with Gasteiger partial charge in [-0.1, -0.05) is 0 Å². The average molecular weight is 201 g/mol. The Morgan fingerprint density at radius 1 is 1.57 bits per heavy atom. The van der Waals surface area contributed by atoms with Gasteiger partial charge in [0.1, 0.15) is 12.3 Å². The summed E-state index contributed by atoms with van der Waals surface area (Å²) in [5.41, 5.74) is 0. The van der Waals surface area contributed by atoms with Crippen molar-refractivity contribution < 1.29 is 19.4 Å². The molecule has 2 heterocycles. The van der Waals surface area contributed by atoms with Gasteiger partial charge >= 0.3 is 6.09 Å². The molecule has 14 heavy (non-hydrogen) atoms. The van der Waals surface area contributed by atoms with Gasteiger partial charge in [-0.05, 0) is 19.3 Å². The molecule has 1 N–H and O–H groups in total. The summed E-state index contributed by atoms with van der Waals surface area (Å²) in [5.74, 6) is 0. The van der Waals surface area contributed by atoms with Gasteiger partial charge in [0.25, 0.3) is 0 Å². The molecule has 0 bridgehead atoms. The van der Waals surface area contributed by atoms with Crippen LogP contribution in [0.25, 0.3) is 0 Å². The molecule has 2 aliphatic rings. The number of epoxide rings is 1. The topological polar surface area (TPSA) is 62.3 Å². The molecule has 2 unspecified atom stereocenters. The zero-order valence-electron chi connectivity index (χ0n) is 8.02. The van der Waals surface area contributed by atoms with Gasteiger partial charge in [0.05, 0.1) is 13.2 Å². The van der Waals surface area contributed by atoms with Crippen molar-refractivity contribution in [3.05, 3.63) is 0 Å². The molecule has 0 radical (unpaired) electrons. The van der Waals surface area contributed by atoms with Crippen LogP contribution in [0.1, 0.15) is 19.3 Å². The lowest BCUT2D eigenvalue weighted by molar-refractivity contribution is -0.0701. The molecule has 0 spiro atoms. The van der Waals surface area contributed by atoms with E-state index in [9.17, 15) is 4.79 Å². The molecule has 2 rings (SSSR count). The number of amides is 1. The van der Waals surface area contributed by atoms with Crippen molar-refractivity contribution in [2.24, 2.45) is 0 Å². The SMILES string of the molecule is O=C(O)N1CCCCC1OCC1CO1. The highest BCUT2D eigenvalue weighted by atomic mass is 16.6. The molecule has 0 aliphatic carbocycles. The maximum Gasteiger partial charge on any atom is 0.409 e. The number of carbonyl (C=O) groups is 1. The van der Waals surface area contributed by atoms with Crippen LogP contribution in [0.5, 0.6) is 0 Å². The highest BCUT2D eigenvalue weighted by Crippen LogP contribution is 2.20. The van der Waals surface area contributed by atoms with Crippen LogP contribution in [0.2, 0.25) is 0 Å². The molecule has 1 amide bonds. The van der Waals surface area contributed by atoms with E-state index in [1.807, 2.05) is 0 Å². The smallest absolute Gasteiger partial charge is 0.409 e. The third kappa shape index (κ3) is 2.36. The van der Waals surface area contributed by atoms with E-state index in [-0.39, 0.29) is 12.3 Å². The van der Waals surface area contributed by atoms with Crippen LogP contribution in [0.15, 0.2) is 0 Å². The molecule has 5 nitrogen and oxygen atoms in total. The second-order valence-corrected chi connectivity index (χ2v) is 3.72. The second kappa shape index (κ2) is 4.14. The normalized spacial score (nSPS) is 31.6. The molecule has 0 saturated carbocycles. The molecule has 2 aliphatic heterocycles. The van der Waals surface area contributed by atoms with Gasteiger partial charge in [-0.2, -0.15) is 0 Å². The predicted molar refractivity (Wildman–Crippen MR) is 48.1 cm³/mol. The quantitative estimate of drug-likeness (QED) is 0.689. The van der Waals surface area contributed by atoms with Gasteiger partial charge in [0.15, 0.2) is 0 Å². The molecular formula is C9H15NO4. The number of hydrogen-bond donors (Lipinski definition) is 1. The lowest BCUT2D eigenvalue weighted by atomic mass is 10.1. The zero-order valence-corrected chi connectivity index (χ0v) is 8.02. The summed E-state index contributed by atoms with van der Waals surface area (Å²) < 4.78 is 10.5. The highest BCUT2D eigenvalue weighted by molar-refractivity contribution is 5.65.